The Kier molecular flexibility index (Phi) is 5.87. The van der Waals surface area contributed by atoms with Crippen LogP contribution in [0.2, 0.25) is 0 Å². The van der Waals surface area contributed by atoms with Gasteiger partial charge in [0.25, 0.3) is 11.8 Å². The molecule has 21 heavy (non-hydrogen) atoms. The normalized spacial score (nSPS) is 15.3. The molecule has 0 spiro atoms. The molecule has 0 unspecified atom stereocenters. The van der Waals surface area contributed by atoms with Crippen LogP contribution >= 0.6 is 0 Å². The summed E-state index contributed by atoms with van der Waals surface area (Å²) >= 11 is 0. The number of hydrogen-bond donors (Lipinski definition) is 0. The SMILES string of the molecule is CC(C)(C)OC(=O)CCCCC(=O)ON1C(=O)CCC1=O. The molecular formula is C14H21NO6. The van der Waals surface area contributed by atoms with E-state index in [0.29, 0.717) is 17.9 Å². The predicted molar refractivity (Wildman–Crippen MR) is 71.5 cm³/mol. The number of rotatable bonds is 6. The zero-order valence-electron chi connectivity index (χ0n) is 12.6. The van der Waals surface area contributed by atoms with Crippen molar-refractivity contribution < 1.29 is 28.8 Å². The number of hydrogen-bond acceptors (Lipinski definition) is 6. The predicted octanol–water partition coefficient (Wildman–Crippen LogP) is 1.50. The first-order valence-electron chi connectivity index (χ1n) is 6.97. The van der Waals surface area contributed by atoms with Crippen molar-refractivity contribution in [3.05, 3.63) is 0 Å². The minimum Gasteiger partial charge on any atom is -0.460 e. The molecule has 0 aliphatic carbocycles. The number of unbranched alkanes of at least 4 members (excludes halogenated alkanes) is 1. The van der Waals surface area contributed by atoms with E-state index in [2.05, 4.69) is 0 Å². The van der Waals surface area contributed by atoms with Gasteiger partial charge in [0.15, 0.2) is 0 Å². The van der Waals surface area contributed by atoms with E-state index in [1.807, 2.05) is 0 Å². The quantitative estimate of drug-likeness (QED) is 0.419. The Labute approximate surface area is 123 Å². The third-order valence-electron chi connectivity index (χ3n) is 2.63. The fraction of sp³-hybridized carbons (Fsp3) is 0.714. The van der Waals surface area contributed by atoms with Crippen molar-refractivity contribution in [3.8, 4) is 0 Å². The molecular weight excluding hydrogens is 278 g/mol. The summed E-state index contributed by atoms with van der Waals surface area (Å²) in [7, 11) is 0. The smallest absolute Gasteiger partial charge is 0.333 e. The zero-order valence-corrected chi connectivity index (χ0v) is 12.6. The Morgan fingerprint density at radius 2 is 1.48 bits per heavy atom. The molecule has 2 amide bonds. The highest BCUT2D eigenvalue weighted by Crippen LogP contribution is 2.14. The van der Waals surface area contributed by atoms with Crippen molar-refractivity contribution in [2.75, 3.05) is 0 Å². The molecule has 0 aromatic carbocycles. The van der Waals surface area contributed by atoms with Gasteiger partial charge in [-0.25, -0.2) is 4.79 Å². The van der Waals surface area contributed by atoms with E-state index in [1.165, 1.54) is 0 Å². The lowest BCUT2D eigenvalue weighted by Gasteiger charge is -2.19. The minimum absolute atomic E-state index is 0.0415. The molecule has 1 heterocycles. The van der Waals surface area contributed by atoms with Crippen molar-refractivity contribution in [2.24, 2.45) is 0 Å². The molecule has 7 nitrogen and oxygen atoms in total. The number of ether oxygens (including phenoxy) is 1. The molecule has 1 rings (SSSR count). The van der Waals surface area contributed by atoms with Crippen molar-refractivity contribution in [2.45, 2.75) is 64.9 Å². The first-order chi connectivity index (χ1) is 9.69. The summed E-state index contributed by atoms with van der Waals surface area (Å²) in [5.74, 6) is -1.97. The Bertz CT molecular complexity index is 421. The molecule has 0 bridgehead atoms. The number of carbonyl (C=O) groups is 4. The van der Waals surface area contributed by atoms with Gasteiger partial charge in [-0.05, 0) is 33.6 Å². The standard InChI is InChI=1S/C14H21NO6/c1-14(2,3)20-12(18)6-4-5-7-13(19)21-15-10(16)8-9-11(15)17/h4-9H2,1-3H3. The van der Waals surface area contributed by atoms with E-state index < -0.39 is 23.4 Å². The Balaban J connectivity index is 2.18. The monoisotopic (exact) mass is 299 g/mol. The van der Waals surface area contributed by atoms with Crippen LogP contribution in [0, 0.1) is 0 Å². The fourth-order valence-electron chi connectivity index (χ4n) is 1.74. The van der Waals surface area contributed by atoms with E-state index in [4.69, 9.17) is 9.57 Å². The van der Waals surface area contributed by atoms with E-state index in [9.17, 15) is 19.2 Å². The summed E-state index contributed by atoms with van der Waals surface area (Å²) in [6.45, 7) is 5.35. The molecule has 0 aromatic heterocycles. The summed E-state index contributed by atoms with van der Waals surface area (Å²) in [5.41, 5.74) is -0.521. The Morgan fingerprint density at radius 1 is 1.00 bits per heavy atom. The van der Waals surface area contributed by atoms with Crippen LogP contribution in [0.25, 0.3) is 0 Å². The lowest BCUT2D eigenvalue weighted by atomic mass is 10.1. The number of esters is 1. The average Bonchev–Trinajstić information content (AvgIpc) is 2.64. The Morgan fingerprint density at radius 3 is 1.95 bits per heavy atom. The van der Waals surface area contributed by atoms with Crippen LogP contribution in [0.1, 0.15) is 59.3 Å². The number of amides is 2. The van der Waals surface area contributed by atoms with Crippen molar-refractivity contribution in [1.29, 1.82) is 0 Å². The van der Waals surface area contributed by atoms with Crippen LogP contribution in [0.4, 0.5) is 0 Å². The molecule has 0 aromatic rings. The molecule has 1 aliphatic rings. The number of carbonyl (C=O) groups excluding carboxylic acids is 4. The second-order valence-electron chi connectivity index (χ2n) is 5.84. The molecule has 0 saturated carbocycles. The maximum atomic E-state index is 11.5. The van der Waals surface area contributed by atoms with Crippen LogP contribution in [-0.2, 0) is 28.8 Å². The molecule has 1 saturated heterocycles. The summed E-state index contributed by atoms with van der Waals surface area (Å²) in [4.78, 5) is 50.1. The van der Waals surface area contributed by atoms with Crippen LogP contribution in [0.5, 0.6) is 0 Å². The van der Waals surface area contributed by atoms with E-state index in [0.717, 1.165) is 0 Å². The van der Waals surface area contributed by atoms with E-state index in [1.54, 1.807) is 20.8 Å². The Hall–Kier alpha value is -1.92. The largest absolute Gasteiger partial charge is 0.460 e. The highest BCUT2D eigenvalue weighted by Gasteiger charge is 2.32. The van der Waals surface area contributed by atoms with Crippen molar-refractivity contribution >= 4 is 23.8 Å². The molecule has 1 fully saturated rings. The van der Waals surface area contributed by atoms with Crippen LogP contribution in [0.3, 0.4) is 0 Å². The van der Waals surface area contributed by atoms with Gasteiger partial charge in [0.1, 0.15) is 5.60 Å². The summed E-state index contributed by atoms with van der Waals surface area (Å²) < 4.78 is 5.13. The lowest BCUT2D eigenvalue weighted by molar-refractivity contribution is -0.197. The maximum Gasteiger partial charge on any atom is 0.333 e. The summed E-state index contributed by atoms with van der Waals surface area (Å²) in [6.07, 6.45) is 1.31. The topological polar surface area (TPSA) is 90.0 Å². The lowest BCUT2D eigenvalue weighted by Crippen LogP contribution is -2.31. The molecule has 1 aliphatic heterocycles. The van der Waals surface area contributed by atoms with Crippen molar-refractivity contribution in [3.63, 3.8) is 0 Å². The van der Waals surface area contributed by atoms with Gasteiger partial charge >= 0.3 is 11.9 Å². The fourth-order valence-corrected chi connectivity index (χ4v) is 1.74. The zero-order chi connectivity index (χ0) is 16.0. The first-order valence-corrected chi connectivity index (χ1v) is 6.97. The third-order valence-corrected chi connectivity index (χ3v) is 2.63. The average molecular weight is 299 g/mol. The van der Waals surface area contributed by atoms with Gasteiger partial charge in [0.2, 0.25) is 0 Å². The van der Waals surface area contributed by atoms with Gasteiger partial charge in [-0.15, -0.1) is 5.06 Å². The number of imide groups is 1. The molecule has 7 heteroatoms. The number of nitrogens with zero attached hydrogens (tertiary/aromatic N) is 1. The first kappa shape index (κ1) is 17.1. The second kappa shape index (κ2) is 7.19. The summed E-state index contributed by atoms with van der Waals surface area (Å²) in [5, 5.41) is 0.524. The van der Waals surface area contributed by atoms with Crippen LogP contribution in [0.15, 0.2) is 0 Å². The van der Waals surface area contributed by atoms with E-state index >= 15 is 0 Å². The molecule has 0 N–H and O–H groups in total. The van der Waals surface area contributed by atoms with E-state index in [-0.39, 0.29) is 31.7 Å². The molecule has 0 atom stereocenters. The molecule has 118 valence electrons. The number of hydroxylamine groups is 2. The van der Waals surface area contributed by atoms with Crippen molar-refractivity contribution in [1.82, 2.24) is 5.06 Å². The van der Waals surface area contributed by atoms with Gasteiger partial charge in [0.05, 0.1) is 0 Å². The second-order valence-corrected chi connectivity index (χ2v) is 5.84. The van der Waals surface area contributed by atoms with Gasteiger partial charge in [-0.2, -0.15) is 0 Å². The van der Waals surface area contributed by atoms with Gasteiger partial charge in [-0.1, -0.05) is 0 Å². The maximum absolute atomic E-state index is 11.5. The molecule has 0 radical (unpaired) electrons. The van der Waals surface area contributed by atoms with Crippen LogP contribution < -0.4 is 0 Å². The third kappa shape index (κ3) is 6.37. The minimum atomic E-state index is -0.650. The summed E-state index contributed by atoms with van der Waals surface area (Å²) in [6, 6.07) is 0. The van der Waals surface area contributed by atoms with Gasteiger partial charge in [-0.3, -0.25) is 14.4 Å². The highest BCUT2D eigenvalue weighted by atomic mass is 16.7. The van der Waals surface area contributed by atoms with Gasteiger partial charge in [0, 0.05) is 25.7 Å². The van der Waals surface area contributed by atoms with Crippen LogP contribution in [-0.4, -0.2) is 34.4 Å². The van der Waals surface area contributed by atoms with Gasteiger partial charge < -0.3 is 9.57 Å². The highest BCUT2D eigenvalue weighted by molar-refractivity contribution is 6.01.